The first-order valence-corrected chi connectivity index (χ1v) is 6.44. The number of ether oxygens (including phenoxy) is 2. The van der Waals surface area contributed by atoms with E-state index in [1.165, 1.54) is 12.1 Å². The minimum atomic E-state index is -0.794. The molecule has 0 bridgehead atoms. The summed E-state index contributed by atoms with van der Waals surface area (Å²) < 4.78 is 10.8. The number of hydrogen-bond donors (Lipinski definition) is 0. The zero-order valence-electron chi connectivity index (χ0n) is 10.4. The van der Waals surface area contributed by atoms with Gasteiger partial charge in [0.1, 0.15) is 0 Å². The van der Waals surface area contributed by atoms with Crippen molar-refractivity contribution < 1.29 is 19.3 Å². The molecule has 3 rings (SSSR count). The van der Waals surface area contributed by atoms with E-state index in [1.807, 2.05) is 0 Å². The highest BCUT2D eigenvalue weighted by Gasteiger charge is 2.32. The lowest BCUT2D eigenvalue weighted by Crippen LogP contribution is -2.03. The Balaban J connectivity index is 2.19. The summed E-state index contributed by atoms with van der Waals surface area (Å²) >= 11 is 11.7. The van der Waals surface area contributed by atoms with Crippen LogP contribution in [0.5, 0.6) is 23.0 Å². The first-order valence-electron chi connectivity index (χ1n) is 5.68. The Bertz CT molecular complexity index is 839. The van der Waals surface area contributed by atoms with Crippen molar-refractivity contribution in [2.45, 2.75) is 0 Å². The molecule has 0 aromatic heterocycles. The van der Waals surface area contributed by atoms with Gasteiger partial charge in [-0.2, -0.15) is 0 Å². The van der Waals surface area contributed by atoms with Gasteiger partial charge in [-0.3, -0.25) is 20.2 Å². The Morgan fingerprint density at radius 3 is 1.95 bits per heavy atom. The first-order chi connectivity index (χ1) is 10.4. The number of nitrogens with zero attached hydrogens (tertiary/aromatic N) is 2. The second-order valence-corrected chi connectivity index (χ2v) is 5.04. The van der Waals surface area contributed by atoms with Crippen LogP contribution in [0, 0.1) is 20.2 Å². The minimum Gasteiger partial charge on any atom is -0.449 e. The molecule has 0 fully saturated rings. The lowest BCUT2D eigenvalue weighted by Gasteiger charge is -2.20. The molecule has 0 aliphatic carbocycles. The molecule has 1 aliphatic rings. The van der Waals surface area contributed by atoms with Gasteiger partial charge < -0.3 is 9.47 Å². The molecule has 2 aromatic rings. The van der Waals surface area contributed by atoms with Crippen LogP contribution in [0.1, 0.15) is 0 Å². The number of non-ortho nitro benzene ring substituents is 1. The van der Waals surface area contributed by atoms with E-state index in [1.54, 1.807) is 0 Å². The van der Waals surface area contributed by atoms with E-state index in [0.717, 1.165) is 12.1 Å². The number of nitro benzene ring substituents is 2. The average Bonchev–Trinajstić information content (AvgIpc) is 2.45. The van der Waals surface area contributed by atoms with Gasteiger partial charge in [0.25, 0.3) is 5.69 Å². The van der Waals surface area contributed by atoms with E-state index in [9.17, 15) is 20.2 Å². The summed E-state index contributed by atoms with van der Waals surface area (Å²) in [6.45, 7) is 0. The highest BCUT2D eigenvalue weighted by Crippen LogP contribution is 2.52. The summed E-state index contributed by atoms with van der Waals surface area (Å²) in [6, 6.07) is 4.53. The van der Waals surface area contributed by atoms with Gasteiger partial charge in [-0.1, -0.05) is 23.2 Å². The molecule has 112 valence electrons. The molecule has 0 saturated carbocycles. The number of hydrogen-bond acceptors (Lipinski definition) is 6. The Morgan fingerprint density at radius 1 is 0.818 bits per heavy atom. The number of benzene rings is 2. The van der Waals surface area contributed by atoms with E-state index in [4.69, 9.17) is 32.7 Å². The van der Waals surface area contributed by atoms with Crippen LogP contribution in [0.15, 0.2) is 24.3 Å². The Labute approximate surface area is 132 Å². The van der Waals surface area contributed by atoms with Crippen LogP contribution >= 0.6 is 23.2 Å². The van der Waals surface area contributed by atoms with Gasteiger partial charge in [0, 0.05) is 12.1 Å². The Kier molecular flexibility index (Phi) is 3.27. The van der Waals surface area contributed by atoms with Crippen LogP contribution in [-0.4, -0.2) is 9.85 Å². The second-order valence-electron chi connectivity index (χ2n) is 4.22. The van der Waals surface area contributed by atoms with E-state index < -0.39 is 21.2 Å². The predicted octanol–water partition coefficient (Wildman–Crippen LogP) is 4.71. The SMILES string of the molecule is O=[N+]([O-])c1cc2c(c([N+](=O)[O-])c1)Oc1cc(Cl)c(Cl)cc1O2. The van der Waals surface area contributed by atoms with Crippen LogP contribution < -0.4 is 9.47 Å². The molecule has 0 unspecified atom stereocenters. The molecule has 0 spiro atoms. The maximum absolute atomic E-state index is 11.1. The van der Waals surface area contributed by atoms with E-state index in [2.05, 4.69) is 0 Å². The molecule has 8 nitrogen and oxygen atoms in total. The largest absolute Gasteiger partial charge is 0.449 e. The summed E-state index contributed by atoms with van der Waals surface area (Å²) in [5.74, 6) is -0.108. The molecule has 1 heterocycles. The lowest BCUT2D eigenvalue weighted by molar-refractivity contribution is -0.394. The normalized spacial score (nSPS) is 11.7. The van der Waals surface area contributed by atoms with Crippen LogP contribution in [-0.2, 0) is 0 Å². The summed E-state index contributed by atoms with van der Waals surface area (Å²) in [5.41, 5.74) is -1.07. The molecule has 0 radical (unpaired) electrons. The van der Waals surface area contributed by atoms with Gasteiger partial charge in [-0.15, -0.1) is 0 Å². The van der Waals surface area contributed by atoms with E-state index in [-0.39, 0.29) is 33.0 Å². The predicted molar refractivity (Wildman–Crippen MR) is 76.4 cm³/mol. The number of nitro groups is 2. The van der Waals surface area contributed by atoms with Crippen molar-refractivity contribution in [3.05, 3.63) is 54.5 Å². The fourth-order valence-corrected chi connectivity index (χ4v) is 2.20. The van der Waals surface area contributed by atoms with Crippen LogP contribution in [0.25, 0.3) is 0 Å². The summed E-state index contributed by atoms with van der Waals surface area (Å²) in [6.07, 6.45) is 0. The van der Waals surface area contributed by atoms with E-state index in [0.29, 0.717) is 0 Å². The molecule has 0 saturated heterocycles. The zero-order valence-corrected chi connectivity index (χ0v) is 11.9. The van der Waals surface area contributed by atoms with Crippen molar-refractivity contribution >= 4 is 34.6 Å². The fourth-order valence-electron chi connectivity index (χ4n) is 1.89. The van der Waals surface area contributed by atoms with Crippen molar-refractivity contribution in [1.29, 1.82) is 0 Å². The quantitative estimate of drug-likeness (QED) is 0.493. The van der Waals surface area contributed by atoms with Crippen molar-refractivity contribution in [1.82, 2.24) is 0 Å². The van der Waals surface area contributed by atoms with Gasteiger partial charge in [-0.05, 0) is 0 Å². The monoisotopic (exact) mass is 342 g/mol. The van der Waals surface area contributed by atoms with Crippen LogP contribution in [0.2, 0.25) is 10.0 Å². The van der Waals surface area contributed by atoms with Crippen molar-refractivity contribution in [3.63, 3.8) is 0 Å². The molecule has 10 heteroatoms. The number of halogens is 2. The van der Waals surface area contributed by atoms with Gasteiger partial charge >= 0.3 is 5.69 Å². The summed E-state index contributed by atoms with van der Waals surface area (Å²) in [7, 11) is 0. The van der Waals surface area contributed by atoms with Gasteiger partial charge in [0.05, 0.1) is 32.0 Å². The molecule has 0 N–H and O–H groups in total. The highest BCUT2D eigenvalue weighted by atomic mass is 35.5. The zero-order chi connectivity index (χ0) is 16.0. The molecule has 0 amide bonds. The Morgan fingerprint density at radius 2 is 1.41 bits per heavy atom. The maximum Gasteiger partial charge on any atom is 0.322 e. The minimum absolute atomic E-state index is 0.124. The van der Waals surface area contributed by atoms with Gasteiger partial charge in [0.2, 0.25) is 5.75 Å². The van der Waals surface area contributed by atoms with E-state index >= 15 is 0 Å². The molecular weight excluding hydrogens is 339 g/mol. The molecule has 22 heavy (non-hydrogen) atoms. The number of rotatable bonds is 2. The molecule has 1 aliphatic heterocycles. The second kappa shape index (κ2) is 5.00. The number of fused-ring (bicyclic) bond motifs is 2. The van der Waals surface area contributed by atoms with Crippen molar-refractivity contribution in [3.8, 4) is 23.0 Å². The van der Waals surface area contributed by atoms with Crippen LogP contribution in [0.4, 0.5) is 11.4 Å². The maximum atomic E-state index is 11.1. The van der Waals surface area contributed by atoms with Crippen LogP contribution in [0.3, 0.4) is 0 Å². The third-order valence-electron chi connectivity index (χ3n) is 2.85. The molecular formula is C12H4Cl2N2O6. The van der Waals surface area contributed by atoms with Crippen molar-refractivity contribution in [2.75, 3.05) is 0 Å². The first kappa shape index (κ1) is 14.4. The average molecular weight is 343 g/mol. The van der Waals surface area contributed by atoms with Gasteiger partial charge in [-0.25, -0.2) is 0 Å². The topological polar surface area (TPSA) is 105 Å². The molecule has 2 aromatic carbocycles. The third-order valence-corrected chi connectivity index (χ3v) is 3.57. The lowest BCUT2D eigenvalue weighted by atomic mass is 10.2. The Hall–Kier alpha value is -2.58. The summed E-state index contributed by atoms with van der Waals surface area (Å²) in [4.78, 5) is 20.4. The third kappa shape index (κ3) is 2.28. The fraction of sp³-hybridized carbons (Fsp3) is 0. The summed E-state index contributed by atoms with van der Waals surface area (Å²) in [5, 5.41) is 22.3. The van der Waals surface area contributed by atoms with Crippen molar-refractivity contribution in [2.24, 2.45) is 0 Å². The standard InChI is InChI=1S/C12H4Cl2N2O6/c13-6-3-9-10(4-7(6)14)22-12-8(16(19)20)1-5(15(17)18)2-11(12)21-9/h1-4H. The van der Waals surface area contributed by atoms with Gasteiger partial charge in [0.15, 0.2) is 17.2 Å². The smallest absolute Gasteiger partial charge is 0.322 e. The molecule has 0 atom stereocenters. The highest BCUT2D eigenvalue weighted by molar-refractivity contribution is 6.42.